The van der Waals surface area contributed by atoms with Crippen LogP contribution in [-0.2, 0) is 0 Å². The number of carbonyl (C=O) groups excluding carboxylic acids is 1. The highest BCUT2D eigenvalue weighted by molar-refractivity contribution is 7.18. The van der Waals surface area contributed by atoms with Crippen LogP contribution in [0.2, 0.25) is 0 Å². The van der Waals surface area contributed by atoms with Gasteiger partial charge < -0.3 is 4.90 Å². The highest BCUT2D eigenvalue weighted by atomic mass is 32.1. The predicted octanol–water partition coefficient (Wildman–Crippen LogP) is 3.71. The Kier molecular flexibility index (Phi) is 5.06. The van der Waals surface area contributed by atoms with Crippen LogP contribution >= 0.6 is 11.3 Å². The van der Waals surface area contributed by atoms with Crippen LogP contribution in [0.1, 0.15) is 71.1 Å². The summed E-state index contributed by atoms with van der Waals surface area (Å²) < 4.78 is 1.84. The van der Waals surface area contributed by atoms with Crippen LogP contribution in [0.5, 0.6) is 0 Å². The molecule has 0 unspecified atom stereocenters. The average molecular weight is 414 g/mol. The van der Waals surface area contributed by atoms with Gasteiger partial charge in [0.15, 0.2) is 0 Å². The number of fused-ring (bicyclic) bond motifs is 1. The summed E-state index contributed by atoms with van der Waals surface area (Å²) in [4.78, 5) is 34.5. The molecule has 3 aromatic rings. The minimum atomic E-state index is -0.0476. The number of hydrogen-bond acceptors (Lipinski definition) is 5. The van der Waals surface area contributed by atoms with E-state index in [0.717, 1.165) is 45.0 Å². The van der Waals surface area contributed by atoms with Gasteiger partial charge in [-0.05, 0) is 51.2 Å². The van der Waals surface area contributed by atoms with Crippen molar-refractivity contribution in [2.75, 3.05) is 13.1 Å². The maximum absolute atomic E-state index is 13.2. The largest absolute Gasteiger partial charge is 0.337 e. The van der Waals surface area contributed by atoms with Crippen molar-refractivity contribution in [1.29, 1.82) is 0 Å². The third-order valence-corrected chi connectivity index (χ3v) is 7.07. The summed E-state index contributed by atoms with van der Waals surface area (Å²) in [5.74, 6) is 1.01. The Morgan fingerprint density at radius 1 is 1.24 bits per heavy atom. The van der Waals surface area contributed by atoms with Crippen LogP contribution in [0, 0.1) is 20.8 Å². The highest BCUT2D eigenvalue weighted by Gasteiger charge is 2.28. The normalized spacial score (nSPS) is 15.6. The molecule has 7 nitrogen and oxygen atoms in total. The molecule has 1 saturated heterocycles. The third kappa shape index (κ3) is 3.39. The molecule has 8 heteroatoms. The molecule has 0 aromatic carbocycles. The summed E-state index contributed by atoms with van der Waals surface area (Å²) in [5.41, 5.74) is 2.51. The fourth-order valence-electron chi connectivity index (χ4n) is 4.07. The van der Waals surface area contributed by atoms with Crippen molar-refractivity contribution in [3.8, 4) is 0 Å². The van der Waals surface area contributed by atoms with Crippen LogP contribution in [0.25, 0.3) is 10.2 Å². The van der Waals surface area contributed by atoms with Crippen molar-refractivity contribution in [2.45, 2.75) is 59.4 Å². The van der Waals surface area contributed by atoms with Gasteiger partial charge in [-0.2, -0.15) is 5.10 Å². The molecule has 1 amide bonds. The molecule has 0 saturated carbocycles. The first-order valence-electron chi connectivity index (χ1n) is 10.1. The van der Waals surface area contributed by atoms with Crippen molar-refractivity contribution < 1.29 is 4.79 Å². The van der Waals surface area contributed by atoms with Crippen molar-refractivity contribution in [1.82, 2.24) is 24.6 Å². The van der Waals surface area contributed by atoms with E-state index in [1.807, 2.05) is 36.3 Å². The van der Waals surface area contributed by atoms with E-state index in [0.29, 0.717) is 24.7 Å². The molecule has 0 aliphatic carbocycles. The fourth-order valence-corrected chi connectivity index (χ4v) is 5.13. The molecule has 0 radical (unpaired) electrons. The van der Waals surface area contributed by atoms with Gasteiger partial charge in [-0.3, -0.25) is 19.3 Å². The van der Waals surface area contributed by atoms with E-state index in [9.17, 15) is 9.59 Å². The van der Waals surface area contributed by atoms with Crippen LogP contribution in [0.4, 0.5) is 0 Å². The van der Waals surface area contributed by atoms with Crippen LogP contribution in [-0.4, -0.2) is 43.6 Å². The van der Waals surface area contributed by atoms with Crippen molar-refractivity contribution in [3.63, 3.8) is 0 Å². The zero-order valence-corrected chi connectivity index (χ0v) is 18.4. The molecule has 0 spiro atoms. The Balaban J connectivity index is 1.54. The molecule has 0 atom stereocenters. The quantitative estimate of drug-likeness (QED) is 0.709. The summed E-state index contributed by atoms with van der Waals surface area (Å²) in [6.45, 7) is 11.3. The Bertz CT molecular complexity index is 1130. The first kappa shape index (κ1) is 19.8. The van der Waals surface area contributed by atoms with Gasteiger partial charge in [0.25, 0.3) is 11.5 Å². The second-order valence-electron chi connectivity index (χ2n) is 8.18. The lowest BCUT2D eigenvalue weighted by Crippen LogP contribution is -2.41. The van der Waals surface area contributed by atoms with E-state index in [2.05, 4.69) is 24.0 Å². The zero-order chi connectivity index (χ0) is 20.9. The van der Waals surface area contributed by atoms with E-state index in [-0.39, 0.29) is 17.5 Å². The van der Waals surface area contributed by atoms with E-state index in [1.165, 1.54) is 0 Å². The Morgan fingerprint density at radius 2 is 1.93 bits per heavy atom. The second-order valence-corrected chi connectivity index (χ2v) is 9.39. The lowest BCUT2D eigenvalue weighted by Gasteiger charge is -2.33. The van der Waals surface area contributed by atoms with Gasteiger partial charge in [-0.25, -0.2) is 4.98 Å². The van der Waals surface area contributed by atoms with Crippen LogP contribution in [0.3, 0.4) is 0 Å². The molecule has 3 aromatic heterocycles. The number of likely N-dealkylation sites (tertiary alicyclic amines) is 1. The minimum absolute atomic E-state index is 0.0476. The highest BCUT2D eigenvalue weighted by Crippen LogP contribution is 2.29. The summed E-state index contributed by atoms with van der Waals surface area (Å²) >= 11 is 1.58. The predicted molar refractivity (Wildman–Crippen MR) is 115 cm³/mol. The van der Waals surface area contributed by atoms with Crippen molar-refractivity contribution >= 4 is 27.5 Å². The number of H-pyrrole nitrogens is 1. The van der Waals surface area contributed by atoms with Gasteiger partial charge in [-0.1, -0.05) is 13.8 Å². The van der Waals surface area contributed by atoms with Gasteiger partial charge >= 0.3 is 0 Å². The first-order valence-corrected chi connectivity index (χ1v) is 10.9. The fraction of sp³-hybridized carbons (Fsp3) is 0.524. The SMILES string of the molecule is Cc1sc2nc(C)n(C3CCN(C(=O)c4cc(C(C)C)[nH]n4)CC3)c(=O)c2c1C. The number of aromatic amines is 1. The number of piperidine rings is 1. The van der Waals surface area contributed by atoms with Gasteiger partial charge in [0.05, 0.1) is 5.39 Å². The molecule has 0 bridgehead atoms. The van der Waals surface area contributed by atoms with Crippen molar-refractivity contribution in [3.05, 3.63) is 44.1 Å². The molecule has 29 heavy (non-hydrogen) atoms. The standard InChI is InChI=1S/C21H27N5O2S/c1-11(2)16-10-17(24-23-16)20(27)25-8-6-15(7-9-25)26-14(5)22-19-18(21(26)28)12(3)13(4)29-19/h10-11,15H,6-9H2,1-5H3,(H,23,24). The van der Waals surface area contributed by atoms with E-state index >= 15 is 0 Å². The third-order valence-electron chi connectivity index (χ3n) is 5.97. The van der Waals surface area contributed by atoms with Gasteiger partial charge in [0, 0.05) is 29.7 Å². The van der Waals surface area contributed by atoms with Crippen LogP contribution in [0.15, 0.2) is 10.9 Å². The first-order chi connectivity index (χ1) is 13.8. The number of hydrogen-bond donors (Lipinski definition) is 1. The van der Waals surface area contributed by atoms with Gasteiger partial charge in [-0.15, -0.1) is 11.3 Å². The molecular formula is C21H27N5O2S. The number of thiophene rings is 1. The molecule has 1 N–H and O–H groups in total. The maximum atomic E-state index is 13.2. The number of aromatic nitrogens is 4. The monoisotopic (exact) mass is 413 g/mol. The number of nitrogens with one attached hydrogen (secondary N) is 1. The number of amides is 1. The van der Waals surface area contributed by atoms with E-state index < -0.39 is 0 Å². The number of carbonyl (C=O) groups is 1. The lowest BCUT2D eigenvalue weighted by atomic mass is 10.0. The number of aryl methyl sites for hydroxylation is 3. The summed E-state index contributed by atoms with van der Waals surface area (Å²) in [6, 6.07) is 1.90. The molecule has 154 valence electrons. The summed E-state index contributed by atoms with van der Waals surface area (Å²) in [6.07, 6.45) is 1.48. The molecule has 4 heterocycles. The van der Waals surface area contributed by atoms with Crippen molar-refractivity contribution in [2.24, 2.45) is 0 Å². The molecule has 1 aliphatic rings. The summed E-state index contributed by atoms with van der Waals surface area (Å²) in [7, 11) is 0. The smallest absolute Gasteiger partial charge is 0.274 e. The molecule has 1 aliphatic heterocycles. The summed E-state index contributed by atoms with van der Waals surface area (Å²) in [5, 5.41) is 7.88. The molecular weight excluding hydrogens is 386 g/mol. The molecule has 4 rings (SSSR count). The Morgan fingerprint density at radius 3 is 2.55 bits per heavy atom. The minimum Gasteiger partial charge on any atom is -0.337 e. The Hall–Kier alpha value is -2.48. The van der Waals surface area contributed by atoms with Gasteiger partial charge in [0.2, 0.25) is 0 Å². The second kappa shape index (κ2) is 7.40. The van der Waals surface area contributed by atoms with Gasteiger partial charge in [0.1, 0.15) is 16.3 Å². The lowest BCUT2D eigenvalue weighted by molar-refractivity contribution is 0.0686. The number of rotatable bonds is 3. The van der Waals surface area contributed by atoms with Crippen LogP contribution < -0.4 is 5.56 Å². The van der Waals surface area contributed by atoms with E-state index in [4.69, 9.17) is 4.98 Å². The zero-order valence-electron chi connectivity index (χ0n) is 17.6. The number of nitrogens with zero attached hydrogens (tertiary/aromatic N) is 4. The molecule has 1 fully saturated rings. The van der Waals surface area contributed by atoms with E-state index in [1.54, 1.807) is 11.3 Å². The maximum Gasteiger partial charge on any atom is 0.274 e. The Labute approximate surface area is 173 Å². The average Bonchev–Trinajstić information content (AvgIpc) is 3.27. The topological polar surface area (TPSA) is 83.9 Å².